The first-order valence-electron chi connectivity index (χ1n) is 11.8. The molecule has 2 saturated carbocycles. The summed E-state index contributed by atoms with van der Waals surface area (Å²) in [6.07, 6.45) is 14.6. The Morgan fingerprint density at radius 3 is 2.39 bits per heavy atom. The lowest BCUT2D eigenvalue weighted by Crippen LogP contribution is -2.29. The molecule has 0 amide bonds. The van der Waals surface area contributed by atoms with Gasteiger partial charge in [0, 0.05) is 0 Å². The number of rotatable bonds is 7. The van der Waals surface area contributed by atoms with Crippen LogP contribution in [0.2, 0.25) is 0 Å². The third kappa shape index (κ3) is 7.06. The van der Waals surface area contributed by atoms with E-state index >= 15 is 0 Å². The highest BCUT2D eigenvalue weighted by atomic mass is 19.1. The number of allylic oxidation sites excluding steroid dienone is 4. The number of hydrogen-bond acceptors (Lipinski definition) is 3. The van der Waals surface area contributed by atoms with E-state index in [1.54, 1.807) is 6.08 Å². The maximum absolute atomic E-state index is 12.8. The van der Waals surface area contributed by atoms with E-state index in [2.05, 4.69) is 31.2 Å². The molecule has 1 aromatic rings. The topological polar surface area (TPSA) is 50.1 Å². The SMILES string of the molecule is CCCc1ccc(C2CCC(C(=O)OC3CCC(/C=C/C=C(F)C#N)CC3)CC2)cc1. The standard InChI is InChI=1S/C27H34FNO2/c1-2-4-20-7-11-22(12-8-20)23-13-15-24(16-14-23)27(30)31-26-17-9-21(10-18-26)5-3-6-25(28)19-29/h3,5-8,11-12,21,23-24,26H,2,4,9-10,13-18H2,1H3/b5-3+,25-6?. The van der Waals surface area contributed by atoms with Gasteiger partial charge in [-0.25, -0.2) is 0 Å². The molecule has 0 saturated heterocycles. The molecule has 1 aromatic carbocycles. The Hall–Kier alpha value is -2.41. The second kappa shape index (κ2) is 11.8. The van der Waals surface area contributed by atoms with Gasteiger partial charge in [0.05, 0.1) is 5.92 Å². The summed E-state index contributed by atoms with van der Waals surface area (Å²) in [6.45, 7) is 2.20. The number of ether oxygens (including phenoxy) is 1. The average Bonchev–Trinajstić information content (AvgIpc) is 2.81. The first-order chi connectivity index (χ1) is 15.1. The highest BCUT2D eigenvalue weighted by molar-refractivity contribution is 5.72. The van der Waals surface area contributed by atoms with Crippen molar-refractivity contribution < 1.29 is 13.9 Å². The molecule has 2 aliphatic rings. The molecule has 0 aliphatic heterocycles. The molecule has 0 atom stereocenters. The number of benzene rings is 1. The second-order valence-corrected chi connectivity index (χ2v) is 9.03. The Balaban J connectivity index is 1.39. The van der Waals surface area contributed by atoms with Crippen LogP contribution >= 0.6 is 0 Å². The van der Waals surface area contributed by atoms with Crippen molar-refractivity contribution in [1.82, 2.24) is 0 Å². The first-order valence-corrected chi connectivity index (χ1v) is 11.8. The van der Waals surface area contributed by atoms with Crippen molar-refractivity contribution in [1.29, 1.82) is 5.26 Å². The third-order valence-corrected chi connectivity index (χ3v) is 6.78. The number of carbonyl (C=O) groups excluding carboxylic acids is 1. The zero-order valence-corrected chi connectivity index (χ0v) is 18.6. The summed E-state index contributed by atoms with van der Waals surface area (Å²) in [5, 5.41) is 8.42. The summed E-state index contributed by atoms with van der Waals surface area (Å²) in [6, 6.07) is 10.5. The van der Waals surface area contributed by atoms with Crippen molar-refractivity contribution in [2.75, 3.05) is 0 Å². The van der Waals surface area contributed by atoms with Gasteiger partial charge in [-0.15, -0.1) is 0 Å². The number of nitriles is 1. The Bertz CT molecular complexity index is 805. The van der Waals surface area contributed by atoms with Gasteiger partial charge in [0.1, 0.15) is 12.2 Å². The summed E-state index contributed by atoms with van der Waals surface area (Å²) in [5.74, 6) is 0.155. The van der Waals surface area contributed by atoms with Gasteiger partial charge in [-0.1, -0.05) is 49.8 Å². The van der Waals surface area contributed by atoms with E-state index in [4.69, 9.17) is 10.00 Å². The van der Waals surface area contributed by atoms with Crippen LogP contribution in [0.4, 0.5) is 4.39 Å². The van der Waals surface area contributed by atoms with Crippen molar-refractivity contribution in [3.63, 3.8) is 0 Å². The van der Waals surface area contributed by atoms with E-state index in [1.807, 2.05) is 6.08 Å². The molecule has 0 spiro atoms. The fraction of sp³-hybridized carbons (Fsp3) is 0.556. The quantitative estimate of drug-likeness (QED) is 0.271. The fourth-order valence-electron chi connectivity index (χ4n) is 4.90. The average molecular weight is 424 g/mol. The summed E-state index contributed by atoms with van der Waals surface area (Å²) in [7, 11) is 0. The number of esters is 1. The molecule has 31 heavy (non-hydrogen) atoms. The van der Waals surface area contributed by atoms with Crippen molar-refractivity contribution in [2.24, 2.45) is 11.8 Å². The number of aryl methyl sites for hydroxylation is 1. The van der Waals surface area contributed by atoms with E-state index in [-0.39, 0.29) is 18.0 Å². The molecule has 2 fully saturated rings. The first kappa shape index (κ1) is 23.3. The van der Waals surface area contributed by atoms with Crippen molar-refractivity contribution in [3.8, 4) is 6.07 Å². The van der Waals surface area contributed by atoms with E-state index in [9.17, 15) is 9.18 Å². The van der Waals surface area contributed by atoms with Crippen LogP contribution in [0.1, 0.15) is 81.8 Å². The monoisotopic (exact) mass is 423 g/mol. The van der Waals surface area contributed by atoms with Crippen LogP contribution in [0.15, 0.2) is 48.3 Å². The summed E-state index contributed by atoms with van der Waals surface area (Å²) < 4.78 is 18.7. The Morgan fingerprint density at radius 2 is 1.77 bits per heavy atom. The molecule has 166 valence electrons. The minimum Gasteiger partial charge on any atom is -0.462 e. The minimum atomic E-state index is -0.776. The Kier molecular flexibility index (Phi) is 8.88. The summed E-state index contributed by atoms with van der Waals surface area (Å²) in [4.78, 5) is 12.7. The fourth-order valence-corrected chi connectivity index (χ4v) is 4.90. The summed E-state index contributed by atoms with van der Waals surface area (Å²) in [5.41, 5.74) is 2.81. The lowest BCUT2D eigenvalue weighted by molar-refractivity contribution is -0.157. The summed E-state index contributed by atoms with van der Waals surface area (Å²) >= 11 is 0. The highest BCUT2D eigenvalue weighted by Crippen LogP contribution is 2.37. The van der Waals surface area contributed by atoms with Gasteiger partial charge in [-0.3, -0.25) is 4.79 Å². The van der Waals surface area contributed by atoms with Gasteiger partial charge in [0.2, 0.25) is 0 Å². The molecule has 0 N–H and O–H groups in total. The van der Waals surface area contributed by atoms with Crippen molar-refractivity contribution >= 4 is 5.97 Å². The zero-order valence-electron chi connectivity index (χ0n) is 18.6. The van der Waals surface area contributed by atoms with Gasteiger partial charge in [0.15, 0.2) is 5.83 Å². The van der Waals surface area contributed by atoms with E-state index < -0.39 is 5.83 Å². The second-order valence-electron chi connectivity index (χ2n) is 9.03. The smallest absolute Gasteiger partial charge is 0.309 e. The Morgan fingerprint density at radius 1 is 1.10 bits per heavy atom. The van der Waals surface area contributed by atoms with Crippen LogP contribution < -0.4 is 0 Å². The Labute approximate surface area is 186 Å². The largest absolute Gasteiger partial charge is 0.462 e. The van der Waals surface area contributed by atoms with Crippen LogP contribution in [0.5, 0.6) is 0 Å². The van der Waals surface area contributed by atoms with E-state index in [1.165, 1.54) is 29.7 Å². The molecule has 3 nitrogen and oxygen atoms in total. The van der Waals surface area contributed by atoms with E-state index in [0.717, 1.165) is 57.8 Å². The molecule has 3 rings (SSSR count). The third-order valence-electron chi connectivity index (χ3n) is 6.78. The van der Waals surface area contributed by atoms with Crippen molar-refractivity contribution in [2.45, 2.75) is 83.2 Å². The number of nitrogens with zero attached hydrogens (tertiary/aromatic N) is 1. The zero-order chi connectivity index (χ0) is 22.1. The van der Waals surface area contributed by atoms with Crippen LogP contribution in [-0.2, 0) is 16.0 Å². The predicted molar refractivity (Wildman–Crippen MR) is 121 cm³/mol. The van der Waals surface area contributed by atoms with Crippen LogP contribution in [0.3, 0.4) is 0 Å². The molecular weight excluding hydrogens is 389 g/mol. The molecule has 0 heterocycles. The molecule has 0 bridgehead atoms. The normalized spacial score (nSPS) is 27.1. The van der Waals surface area contributed by atoms with Crippen LogP contribution in [0.25, 0.3) is 0 Å². The van der Waals surface area contributed by atoms with Gasteiger partial charge in [0.25, 0.3) is 0 Å². The number of hydrogen-bond donors (Lipinski definition) is 0. The molecule has 0 aromatic heterocycles. The molecule has 0 radical (unpaired) electrons. The van der Waals surface area contributed by atoms with Gasteiger partial charge in [-0.2, -0.15) is 9.65 Å². The van der Waals surface area contributed by atoms with Gasteiger partial charge >= 0.3 is 5.97 Å². The van der Waals surface area contributed by atoms with E-state index in [0.29, 0.717) is 11.8 Å². The number of halogens is 1. The van der Waals surface area contributed by atoms with Gasteiger partial charge in [-0.05, 0) is 86.8 Å². The maximum Gasteiger partial charge on any atom is 0.309 e. The maximum atomic E-state index is 12.8. The highest BCUT2D eigenvalue weighted by Gasteiger charge is 2.30. The lowest BCUT2D eigenvalue weighted by atomic mass is 9.78. The van der Waals surface area contributed by atoms with Gasteiger partial charge < -0.3 is 4.74 Å². The van der Waals surface area contributed by atoms with Crippen LogP contribution in [-0.4, -0.2) is 12.1 Å². The molecule has 0 unspecified atom stereocenters. The molecular formula is C27H34FNO2. The lowest BCUT2D eigenvalue weighted by Gasteiger charge is -2.31. The number of carbonyl (C=O) groups is 1. The molecule has 2 aliphatic carbocycles. The van der Waals surface area contributed by atoms with Crippen LogP contribution in [0, 0.1) is 23.2 Å². The minimum absolute atomic E-state index is 0.00682. The predicted octanol–water partition coefficient (Wildman–Crippen LogP) is 6.95. The molecule has 4 heteroatoms. The van der Waals surface area contributed by atoms with Crippen molar-refractivity contribution in [3.05, 3.63) is 59.4 Å².